The van der Waals surface area contributed by atoms with Crippen LogP contribution in [-0.4, -0.2) is 31.4 Å². The Labute approximate surface area is 188 Å². The molecule has 0 radical (unpaired) electrons. The van der Waals surface area contributed by atoms with Gasteiger partial charge in [0.05, 0.1) is 17.7 Å². The van der Waals surface area contributed by atoms with Gasteiger partial charge in [-0.15, -0.1) is 11.3 Å². The predicted molar refractivity (Wildman–Crippen MR) is 121 cm³/mol. The number of nitrogens with zero attached hydrogens (tertiary/aromatic N) is 2. The molecule has 0 fully saturated rings. The molecule has 30 heavy (non-hydrogen) atoms. The van der Waals surface area contributed by atoms with Crippen molar-refractivity contribution in [2.45, 2.75) is 11.4 Å². The lowest BCUT2D eigenvalue weighted by Crippen LogP contribution is -2.39. The molecule has 0 saturated heterocycles. The number of benzene rings is 2. The number of halogens is 2. The van der Waals surface area contributed by atoms with Crippen molar-refractivity contribution in [1.29, 1.82) is 0 Å². The van der Waals surface area contributed by atoms with E-state index in [4.69, 9.17) is 23.2 Å². The number of hydrogen-bond acceptors (Lipinski definition) is 5. The minimum atomic E-state index is -3.96. The van der Waals surface area contributed by atoms with E-state index in [0.717, 1.165) is 9.18 Å². The molecule has 0 aliphatic heterocycles. The minimum absolute atomic E-state index is 0.0740. The minimum Gasteiger partial charge on any atom is -0.272 e. The summed E-state index contributed by atoms with van der Waals surface area (Å²) in [6, 6.07) is 16.4. The number of carbonyl (C=O) groups is 1. The van der Waals surface area contributed by atoms with Crippen molar-refractivity contribution in [3.63, 3.8) is 0 Å². The van der Waals surface area contributed by atoms with Crippen LogP contribution in [0, 0.1) is 0 Å². The Morgan fingerprint density at radius 3 is 2.53 bits per heavy atom. The average molecular weight is 482 g/mol. The summed E-state index contributed by atoms with van der Waals surface area (Å²) in [7, 11) is -3.96. The number of nitrogens with one attached hydrogen (secondary N) is 1. The molecule has 0 bridgehead atoms. The number of hydrogen-bond donors (Lipinski definition) is 1. The molecule has 3 aromatic rings. The van der Waals surface area contributed by atoms with Crippen LogP contribution in [0.2, 0.25) is 10.0 Å². The SMILES string of the molecule is O=C(CN(Cc1ccc(Cl)cc1Cl)S(=O)(=O)c1ccccc1)N/N=C\c1cccs1. The summed E-state index contributed by atoms with van der Waals surface area (Å²) >= 11 is 13.6. The van der Waals surface area contributed by atoms with Crippen molar-refractivity contribution in [3.8, 4) is 0 Å². The van der Waals surface area contributed by atoms with Crippen molar-refractivity contribution in [3.05, 3.63) is 86.5 Å². The van der Waals surface area contributed by atoms with Gasteiger partial charge in [0.1, 0.15) is 0 Å². The fourth-order valence-electron chi connectivity index (χ4n) is 2.54. The van der Waals surface area contributed by atoms with E-state index in [9.17, 15) is 13.2 Å². The van der Waals surface area contributed by atoms with Crippen molar-refractivity contribution < 1.29 is 13.2 Å². The van der Waals surface area contributed by atoms with Gasteiger partial charge in [-0.1, -0.05) is 53.5 Å². The van der Waals surface area contributed by atoms with Gasteiger partial charge in [-0.05, 0) is 41.3 Å². The highest BCUT2D eigenvalue weighted by Gasteiger charge is 2.27. The van der Waals surface area contributed by atoms with Crippen molar-refractivity contribution in [1.82, 2.24) is 9.73 Å². The first-order valence-corrected chi connectivity index (χ1v) is 11.8. The molecule has 1 amide bonds. The maximum atomic E-state index is 13.2. The van der Waals surface area contributed by atoms with Crippen LogP contribution in [0.25, 0.3) is 0 Å². The quantitative estimate of drug-likeness (QED) is 0.382. The molecular weight excluding hydrogens is 465 g/mol. The number of hydrazone groups is 1. The first kappa shape index (κ1) is 22.5. The van der Waals surface area contributed by atoms with Gasteiger partial charge in [0.15, 0.2) is 0 Å². The van der Waals surface area contributed by atoms with E-state index in [1.54, 1.807) is 30.3 Å². The van der Waals surface area contributed by atoms with Gasteiger partial charge in [-0.3, -0.25) is 4.79 Å². The topological polar surface area (TPSA) is 78.8 Å². The second kappa shape index (κ2) is 10.2. The second-order valence-corrected chi connectivity index (χ2v) is 9.89. The Hall–Kier alpha value is -2.23. The third-order valence-electron chi connectivity index (χ3n) is 3.99. The molecule has 1 heterocycles. The van der Waals surface area contributed by atoms with Gasteiger partial charge < -0.3 is 0 Å². The van der Waals surface area contributed by atoms with Crippen LogP contribution < -0.4 is 5.43 Å². The van der Waals surface area contributed by atoms with Gasteiger partial charge in [0.2, 0.25) is 10.0 Å². The molecule has 156 valence electrons. The van der Waals surface area contributed by atoms with Crippen molar-refractivity contribution in [2.75, 3.05) is 6.54 Å². The van der Waals surface area contributed by atoms with E-state index in [1.165, 1.54) is 35.8 Å². The molecule has 0 atom stereocenters. The largest absolute Gasteiger partial charge is 0.272 e. The van der Waals surface area contributed by atoms with Gasteiger partial charge in [-0.2, -0.15) is 9.41 Å². The van der Waals surface area contributed by atoms with Crippen molar-refractivity contribution >= 4 is 56.7 Å². The zero-order valence-corrected chi connectivity index (χ0v) is 18.7. The molecule has 1 N–H and O–H groups in total. The summed E-state index contributed by atoms with van der Waals surface area (Å²) in [5, 5.41) is 6.51. The number of thiophene rings is 1. The van der Waals surface area contributed by atoms with Crippen LogP contribution >= 0.6 is 34.5 Å². The Balaban J connectivity index is 1.82. The lowest BCUT2D eigenvalue weighted by molar-refractivity contribution is -0.121. The van der Waals surface area contributed by atoms with E-state index in [2.05, 4.69) is 10.5 Å². The fourth-order valence-corrected chi connectivity index (χ4v) is 4.98. The summed E-state index contributed by atoms with van der Waals surface area (Å²) in [5.41, 5.74) is 2.89. The monoisotopic (exact) mass is 481 g/mol. The molecule has 6 nitrogen and oxygen atoms in total. The van der Waals surface area contributed by atoms with Gasteiger partial charge in [-0.25, -0.2) is 13.8 Å². The molecule has 2 aromatic carbocycles. The van der Waals surface area contributed by atoms with E-state index in [1.807, 2.05) is 17.5 Å². The molecule has 0 aliphatic carbocycles. The van der Waals surface area contributed by atoms with Crippen LogP contribution in [-0.2, 0) is 21.4 Å². The van der Waals surface area contributed by atoms with Crippen LogP contribution in [0.3, 0.4) is 0 Å². The number of carbonyl (C=O) groups excluding carboxylic acids is 1. The standard InChI is InChI=1S/C20H17Cl2N3O3S2/c21-16-9-8-15(19(22)11-16)13-25(30(27,28)18-6-2-1-3-7-18)14-20(26)24-23-12-17-5-4-10-29-17/h1-12H,13-14H2,(H,24,26)/b23-12-. The van der Waals surface area contributed by atoms with E-state index in [0.29, 0.717) is 15.6 Å². The average Bonchev–Trinajstić information content (AvgIpc) is 3.23. The molecule has 1 aromatic heterocycles. The Bertz CT molecular complexity index is 1140. The van der Waals surface area contributed by atoms with Gasteiger partial charge >= 0.3 is 0 Å². The highest BCUT2D eigenvalue weighted by atomic mass is 35.5. The predicted octanol–water partition coefficient (Wildman–Crippen LogP) is 4.40. The van der Waals surface area contributed by atoms with Crippen LogP contribution in [0.5, 0.6) is 0 Å². The summed E-state index contributed by atoms with van der Waals surface area (Å²) in [6.07, 6.45) is 1.49. The molecule has 0 spiro atoms. The molecule has 0 aliphatic rings. The highest BCUT2D eigenvalue weighted by Crippen LogP contribution is 2.25. The lowest BCUT2D eigenvalue weighted by Gasteiger charge is -2.22. The van der Waals surface area contributed by atoms with Gasteiger partial charge in [0.25, 0.3) is 5.91 Å². The third kappa shape index (κ3) is 5.90. The molecular formula is C20H17Cl2N3O3S2. The Morgan fingerprint density at radius 1 is 1.10 bits per heavy atom. The molecule has 10 heteroatoms. The Morgan fingerprint density at radius 2 is 1.87 bits per heavy atom. The fraction of sp³-hybridized carbons (Fsp3) is 0.100. The maximum absolute atomic E-state index is 13.2. The zero-order valence-electron chi connectivity index (χ0n) is 15.5. The van der Waals surface area contributed by atoms with Crippen molar-refractivity contribution in [2.24, 2.45) is 5.10 Å². The lowest BCUT2D eigenvalue weighted by atomic mass is 10.2. The Kier molecular flexibility index (Phi) is 7.63. The van der Waals surface area contributed by atoms with Crippen LogP contribution in [0.15, 0.2) is 76.0 Å². The molecule has 3 rings (SSSR count). The number of rotatable bonds is 8. The summed E-state index contributed by atoms with van der Waals surface area (Å²) < 4.78 is 27.4. The van der Waals surface area contributed by atoms with E-state index in [-0.39, 0.29) is 11.4 Å². The van der Waals surface area contributed by atoms with Crippen LogP contribution in [0.4, 0.5) is 0 Å². The zero-order chi connectivity index (χ0) is 21.6. The van der Waals surface area contributed by atoms with Gasteiger partial charge in [0, 0.05) is 21.5 Å². The first-order valence-electron chi connectivity index (χ1n) is 8.71. The van der Waals surface area contributed by atoms with E-state index >= 15 is 0 Å². The summed E-state index contributed by atoms with van der Waals surface area (Å²) in [4.78, 5) is 13.3. The maximum Gasteiger partial charge on any atom is 0.255 e. The highest BCUT2D eigenvalue weighted by molar-refractivity contribution is 7.89. The number of sulfonamides is 1. The third-order valence-corrected chi connectivity index (χ3v) is 7.19. The molecule has 0 unspecified atom stereocenters. The second-order valence-electron chi connectivity index (χ2n) is 6.13. The van der Waals surface area contributed by atoms with E-state index < -0.39 is 22.5 Å². The first-order chi connectivity index (χ1) is 14.4. The summed E-state index contributed by atoms with van der Waals surface area (Å²) in [5.74, 6) is -0.576. The summed E-state index contributed by atoms with van der Waals surface area (Å²) in [6.45, 7) is -0.534. The smallest absolute Gasteiger partial charge is 0.255 e. The molecule has 0 saturated carbocycles. The van der Waals surface area contributed by atoms with Crippen LogP contribution in [0.1, 0.15) is 10.4 Å². The number of amides is 1. The normalized spacial score (nSPS) is 11.8.